The molecule has 0 atom stereocenters. The van der Waals surface area contributed by atoms with Crippen LogP contribution in [0.15, 0.2) is 30.3 Å². The van der Waals surface area contributed by atoms with Gasteiger partial charge in [-0.15, -0.1) is 0 Å². The third kappa shape index (κ3) is 2.57. The predicted molar refractivity (Wildman–Crippen MR) is 69.5 cm³/mol. The van der Waals surface area contributed by atoms with Crippen molar-refractivity contribution in [3.63, 3.8) is 0 Å². The Kier molecular flexibility index (Phi) is 3.31. The Labute approximate surface area is 108 Å². The molecular weight excluding hydrogens is 259 g/mol. The molecular formula is C12H8Cl2N2O. The van der Waals surface area contributed by atoms with Crippen LogP contribution in [0.5, 0.6) is 0 Å². The molecule has 0 aliphatic heterocycles. The van der Waals surface area contributed by atoms with E-state index in [2.05, 4.69) is 4.98 Å². The second kappa shape index (κ2) is 4.73. The lowest BCUT2D eigenvalue weighted by atomic mass is 10.0. The summed E-state index contributed by atoms with van der Waals surface area (Å²) in [5.74, 6) is 0.295. The Hall–Kier alpha value is -1.58. The smallest absolute Gasteiger partial charge is 0.169 e. The highest BCUT2D eigenvalue weighted by Crippen LogP contribution is 2.28. The van der Waals surface area contributed by atoms with Crippen LogP contribution in [0.1, 0.15) is 10.5 Å². The first-order valence-corrected chi connectivity index (χ1v) is 5.54. The van der Waals surface area contributed by atoms with Crippen LogP contribution in [-0.2, 0) is 0 Å². The molecule has 2 N–H and O–H groups in total. The number of hydrogen-bond donors (Lipinski definition) is 1. The van der Waals surface area contributed by atoms with Crippen molar-refractivity contribution in [2.24, 2.45) is 0 Å². The van der Waals surface area contributed by atoms with Gasteiger partial charge >= 0.3 is 0 Å². The van der Waals surface area contributed by atoms with Crippen LogP contribution in [0, 0.1) is 0 Å². The minimum Gasteiger partial charge on any atom is -0.384 e. The Morgan fingerprint density at radius 1 is 1.12 bits per heavy atom. The predicted octanol–water partition coefficient (Wildman–Crippen LogP) is 3.45. The fraction of sp³-hybridized carbons (Fsp3) is 0. The molecule has 2 rings (SSSR count). The summed E-state index contributed by atoms with van der Waals surface area (Å²) >= 11 is 11.8. The maximum Gasteiger partial charge on any atom is 0.169 e. The van der Waals surface area contributed by atoms with Gasteiger partial charge in [-0.1, -0.05) is 23.2 Å². The molecule has 0 spiro atoms. The summed E-state index contributed by atoms with van der Waals surface area (Å²) in [5, 5.41) is 1.00. The molecule has 86 valence electrons. The molecule has 2 aromatic rings. The van der Waals surface area contributed by atoms with E-state index in [0.717, 1.165) is 5.56 Å². The molecule has 0 unspecified atom stereocenters. The van der Waals surface area contributed by atoms with Gasteiger partial charge in [0.25, 0.3) is 0 Å². The molecule has 0 saturated heterocycles. The average molecular weight is 267 g/mol. The van der Waals surface area contributed by atoms with Gasteiger partial charge in [0.2, 0.25) is 0 Å². The van der Waals surface area contributed by atoms with E-state index < -0.39 is 0 Å². The zero-order chi connectivity index (χ0) is 12.4. The number of nitrogens with two attached hydrogens (primary N) is 1. The standard InChI is InChI=1S/C12H8Cl2N2O/c13-8-3-7(4-9(14)5-8)10-1-2-12(15)16-11(10)6-17/h1-6H,(H2,15,16). The monoisotopic (exact) mass is 266 g/mol. The Morgan fingerprint density at radius 2 is 1.76 bits per heavy atom. The first-order valence-electron chi connectivity index (χ1n) is 4.78. The van der Waals surface area contributed by atoms with Crippen LogP contribution in [-0.4, -0.2) is 11.3 Å². The Bertz CT molecular complexity index is 564. The minimum absolute atomic E-state index is 0.267. The number of carbonyl (C=O) groups excluding carboxylic acids is 1. The van der Waals surface area contributed by atoms with Crippen LogP contribution in [0.3, 0.4) is 0 Å². The summed E-state index contributed by atoms with van der Waals surface area (Å²) in [6.45, 7) is 0. The number of aldehydes is 1. The van der Waals surface area contributed by atoms with Crippen molar-refractivity contribution in [3.05, 3.63) is 46.1 Å². The number of nitrogen functional groups attached to an aromatic ring is 1. The van der Waals surface area contributed by atoms with Gasteiger partial charge in [-0.2, -0.15) is 0 Å². The molecule has 5 heteroatoms. The minimum atomic E-state index is 0.267. The Morgan fingerprint density at radius 3 is 2.35 bits per heavy atom. The molecule has 0 saturated carbocycles. The van der Waals surface area contributed by atoms with E-state index in [4.69, 9.17) is 28.9 Å². The first kappa shape index (κ1) is 11.9. The number of hydrogen-bond acceptors (Lipinski definition) is 3. The third-order valence-corrected chi connectivity index (χ3v) is 2.67. The molecule has 17 heavy (non-hydrogen) atoms. The summed E-state index contributed by atoms with van der Waals surface area (Å²) in [4.78, 5) is 14.9. The largest absolute Gasteiger partial charge is 0.384 e. The van der Waals surface area contributed by atoms with Gasteiger partial charge in [-0.25, -0.2) is 4.98 Å². The number of halogens is 2. The van der Waals surface area contributed by atoms with Crippen LogP contribution < -0.4 is 5.73 Å². The summed E-state index contributed by atoms with van der Waals surface area (Å²) in [6.07, 6.45) is 0.653. The highest BCUT2D eigenvalue weighted by molar-refractivity contribution is 6.35. The summed E-state index contributed by atoms with van der Waals surface area (Å²) in [5.41, 5.74) is 7.17. The van der Waals surface area contributed by atoms with Crippen molar-refractivity contribution in [2.45, 2.75) is 0 Å². The number of anilines is 1. The number of benzene rings is 1. The topological polar surface area (TPSA) is 56.0 Å². The number of carbonyl (C=O) groups is 1. The van der Waals surface area contributed by atoms with Crippen molar-refractivity contribution in [1.29, 1.82) is 0 Å². The SMILES string of the molecule is Nc1ccc(-c2cc(Cl)cc(Cl)c2)c(C=O)n1. The van der Waals surface area contributed by atoms with Crippen molar-refractivity contribution in [2.75, 3.05) is 5.73 Å². The highest BCUT2D eigenvalue weighted by atomic mass is 35.5. The number of aromatic nitrogens is 1. The van der Waals surface area contributed by atoms with Gasteiger partial charge in [0.15, 0.2) is 6.29 Å². The fourth-order valence-corrected chi connectivity index (χ4v) is 2.06. The van der Waals surface area contributed by atoms with Gasteiger partial charge in [-0.3, -0.25) is 4.79 Å². The Balaban J connectivity index is 2.63. The highest BCUT2D eigenvalue weighted by Gasteiger charge is 2.08. The van der Waals surface area contributed by atoms with Crippen molar-refractivity contribution < 1.29 is 4.79 Å². The first-order chi connectivity index (χ1) is 8.10. The van der Waals surface area contributed by atoms with Gasteiger partial charge in [0.1, 0.15) is 11.5 Å². The van der Waals surface area contributed by atoms with Crippen molar-refractivity contribution in [3.8, 4) is 11.1 Å². The maximum atomic E-state index is 10.9. The fourth-order valence-electron chi connectivity index (χ4n) is 1.53. The van der Waals surface area contributed by atoms with E-state index in [0.29, 0.717) is 27.7 Å². The lowest BCUT2D eigenvalue weighted by Crippen LogP contribution is -1.97. The molecule has 0 radical (unpaired) electrons. The normalized spacial score (nSPS) is 10.2. The second-order valence-corrected chi connectivity index (χ2v) is 4.32. The van der Waals surface area contributed by atoms with Gasteiger partial charge in [-0.05, 0) is 35.9 Å². The number of rotatable bonds is 2. The lowest BCUT2D eigenvalue weighted by molar-refractivity contribution is 0.112. The van der Waals surface area contributed by atoms with Gasteiger partial charge in [0.05, 0.1) is 0 Å². The second-order valence-electron chi connectivity index (χ2n) is 3.44. The van der Waals surface area contributed by atoms with E-state index >= 15 is 0 Å². The van der Waals surface area contributed by atoms with Crippen LogP contribution in [0.4, 0.5) is 5.82 Å². The summed E-state index contributed by atoms with van der Waals surface area (Å²) in [6, 6.07) is 8.39. The van der Waals surface area contributed by atoms with E-state index in [9.17, 15) is 4.79 Å². The van der Waals surface area contributed by atoms with E-state index in [1.165, 1.54) is 0 Å². The maximum absolute atomic E-state index is 10.9. The summed E-state index contributed by atoms with van der Waals surface area (Å²) in [7, 11) is 0. The zero-order valence-corrected chi connectivity index (χ0v) is 10.2. The molecule has 0 bridgehead atoms. The van der Waals surface area contributed by atoms with Crippen molar-refractivity contribution >= 4 is 35.3 Å². The van der Waals surface area contributed by atoms with E-state index in [-0.39, 0.29) is 5.69 Å². The molecule has 0 aliphatic rings. The van der Waals surface area contributed by atoms with Crippen LogP contribution >= 0.6 is 23.2 Å². The zero-order valence-electron chi connectivity index (χ0n) is 8.65. The molecule has 0 amide bonds. The molecule has 1 aromatic carbocycles. The molecule has 1 aromatic heterocycles. The van der Waals surface area contributed by atoms with Gasteiger partial charge in [0, 0.05) is 15.6 Å². The molecule has 0 aliphatic carbocycles. The molecule has 3 nitrogen and oxygen atoms in total. The third-order valence-electron chi connectivity index (χ3n) is 2.23. The van der Waals surface area contributed by atoms with Gasteiger partial charge < -0.3 is 5.73 Å². The quantitative estimate of drug-likeness (QED) is 0.848. The van der Waals surface area contributed by atoms with E-state index in [1.54, 1.807) is 30.3 Å². The van der Waals surface area contributed by atoms with Crippen LogP contribution in [0.25, 0.3) is 11.1 Å². The van der Waals surface area contributed by atoms with E-state index in [1.807, 2.05) is 0 Å². The van der Waals surface area contributed by atoms with Crippen molar-refractivity contribution in [1.82, 2.24) is 4.98 Å². The molecule has 1 heterocycles. The lowest BCUT2D eigenvalue weighted by Gasteiger charge is -2.06. The van der Waals surface area contributed by atoms with Crippen LogP contribution in [0.2, 0.25) is 10.0 Å². The number of pyridine rings is 1. The molecule has 0 fully saturated rings. The summed E-state index contributed by atoms with van der Waals surface area (Å²) < 4.78 is 0. The number of nitrogens with zero attached hydrogens (tertiary/aromatic N) is 1. The average Bonchev–Trinajstić information content (AvgIpc) is 2.27.